The molecule has 3 N–H and O–H groups in total. The summed E-state index contributed by atoms with van der Waals surface area (Å²) in [5.74, 6) is -1.02. The van der Waals surface area contributed by atoms with Crippen molar-refractivity contribution in [2.75, 3.05) is 17.2 Å². The number of aryl methyl sites for hydroxylation is 1. The number of anilines is 2. The molecule has 1 aliphatic carbocycles. The van der Waals surface area contributed by atoms with Crippen LogP contribution in [0.1, 0.15) is 74.0 Å². The fourth-order valence-corrected chi connectivity index (χ4v) is 6.09. The van der Waals surface area contributed by atoms with E-state index < -0.39 is 11.4 Å². The number of benzene rings is 2. The zero-order valence-electron chi connectivity index (χ0n) is 24.2. The highest BCUT2D eigenvalue weighted by molar-refractivity contribution is 6.04. The molecular weight excluding hydrogens is 534 g/mol. The highest BCUT2D eigenvalue weighted by Gasteiger charge is 2.67. The van der Waals surface area contributed by atoms with E-state index in [4.69, 9.17) is 9.84 Å². The average molecular weight is 570 g/mol. The Morgan fingerprint density at radius 3 is 2.67 bits per heavy atom. The largest absolute Gasteiger partial charge is 0.493 e. The lowest BCUT2D eigenvalue weighted by molar-refractivity contribution is -0.137. The maximum absolute atomic E-state index is 13.7. The molecular formula is C32H35N5O5. The van der Waals surface area contributed by atoms with Crippen LogP contribution in [0.15, 0.2) is 48.8 Å². The second-order valence-electron chi connectivity index (χ2n) is 12.1. The number of carbonyl (C=O) groups excluding carboxylic acids is 2. The topological polar surface area (TPSA) is 146 Å². The van der Waals surface area contributed by atoms with Crippen molar-refractivity contribution in [3.05, 3.63) is 71.0 Å². The highest BCUT2D eigenvalue weighted by atomic mass is 16.5. The van der Waals surface area contributed by atoms with Crippen molar-refractivity contribution in [3.8, 4) is 11.8 Å². The third-order valence-corrected chi connectivity index (χ3v) is 8.42. The molecule has 2 aromatic carbocycles. The molecule has 1 spiro atoms. The number of carboxylic acids is 1. The van der Waals surface area contributed by atoms with Crippen molar-refractivity contribution < 1.29 is 24.2 Å². The van der Waals surface area contributed by atoms with Crippen LogP contribution in [-0.2, 0) is 27.0 Å². The minimum absolute atomic E-state index is 0.00177. The Bertz CT molecular complexity index is 1600. The molecule has 2 heterocycles. The summed E-state index contributed by atoms with van der Waals surface area (Å²) in [5.41, 5.74) is 2.91. The van der Waals surface area contributed by atoms with Gasteiger partial charge in [-0.15, -0.1) is 0 Å². The molecule has 5 rings (SSSR count). The number of amides is 2. The Morgan fingerprint density at radius 1 is 1.19 bits per heavy atom. The second-order valence-corrected chi connectivity index (χ2v) is 12.1. The quantitative estimate of drug-likeness (QED) is 0.342. The minimum atomic E-state index is -0.880. The van der Waals surface area contributed by atoms with Gasteiger partial charge >= 0.3 is 5.97 Å². The normalized spacial score (nSPS) is 20.6. The Kier molecular flexibility index (Phi) is 7.54. The summed E-state index contributed by atoms with van der Waals surface area (Å²) in [6.07, 6.45) is 4.94. The third kappa shape index (κ3) is 5.47. The van der Waals surface area contributed by atoms with E-state index in [1.54, 1.807) is 47.4 Å². The fourth-order valence-electron chi connectivity index (χ4n) is 6.09. The van der Waals surface area contributed by atoms with Crippen LogP contribution >= 0.6 is 0 Å². The number of aromatic nitrogens is 2. The number of nitrogens with one attached hydrogen (secondary N) is 2. The van der Waals surface area contributed by atoms with Gasteiger partial charge in [0.15, 0.2) is 0 Å². The molecule has 0 saturated heterocycles. The number of rotatable bonds is 8. The van der Waals surface area contributed by atoms with Crippen LogP contribution in [0.3, 0.4) is 0 Å². The first kappa shape index (κ1) is 28.9. The van der Waals surface area contributed by atoms with Crippen molar-refractivity contribution in [2.45, 2.75) is 64.3 Å². The highest BCUT2D eigenvalue weighted by Crippen LogP contribution is 2.65. The van der Waals surface area contributed by atoms with Gasteiger partial charge in [-0.3, -0.25) is 19.1 Å². The monoisotopic (exact) mass is 569 g/mol. The third-order valence-electron chi connectivity index (χ3n) is 8.42. The number of carboxylic acid groups (broad SMARTS) is 1. The van der Waals surface area contributed by atoms with Crippen LogP contribution in [0.2, 0.25) is 0 Å². The van der Waals surface area contributed by atoms with Crippen LogP contribution in [0.25, 0.3) is 0 Å². The molecule has 1 fully saturated rings. The summed E-state index contributed by atoms with van der Waals surface area (Å²) in [6.45, 7) is 8.57. The zero-order valence-corrected chi connectivity index (χ0v) is 24.2. The summed E-state index contributed by atoms with van der Waals surface area (Å²) in [7, 11) is 0. The van der Waals surface area contributed by atoms with E-state index in [1.807, 2.05) is 33.8 Å². The van der Waals surface area contributed by atoms with Crippen molar-refractivity contribution in [1.29, 1.82) is 5.26 Å². The van der Waals surface area contributed by atoms with Crippen LogP contribution in [0.5, 0.6) is 5.75 Å². The lowest BCUT2D eigenvalue weighted by Gasteiger charge is -2.28. The van der Waals surface area contributed by atoms with Crippen molar-refractivity contribution in [3.63, 3.8) is 0 Å². The number of nitriles is 1. The molecule has 10 nitrogen and oxygen atoms in total. The second kappa shape index (κ2) is 11.0. The number of nitrogens with zero attached hydrogens (tertiary/aromatic N) is 3. The van der Waals surface area contributed by atoms with Gasteiger partial charge in [0.1, 0.15) is 5.75 Å². The first-order valence-electron chi connectivity index (χ1n) is 14.1. The van der Waals surface area contributed by atoms with Crippen LogP contribution in [0.4, 0.5) is 11.4 Å². The fraction of sp³-hybridized carbons (Fsp3) is 0.406. The molecule has 1 aliphatic heterocycles. The van der Waals surface area contributed by atoms with Crippen LogP contribution in [-0.4, -0.2) is 39.3 Å². The first-order chi connectivity index (χ1) is 19.9. The van der Waals surface area contributed by atoms with E-state index in [-0.39, 0.29) is 35.6 Å². The van der Waals surface area contributed by atoms with E-state index >= 15 is 0 Å². The summed E-state index contributed by atoms with van der Waals surface area (Å²) in [4.78, 5) is 38.0. The minimum Gasteiger partial charge on any atom is -0.493 e. The maximum Gasteiger partial charge on any atom is 0.303 e. The predicted octanol–water partition coefficient (Wildman–Crippen LogP) is 5.09. The smallest absolute Gasteiger partial charge is 0.303 e. The number of hydrogen-bond donors (Lipinski definition) is 3. The molecule has 42 heavy (non-hydrogen) atoms. The van der Waals surface area contributed by atoms with E-state index in [2.05, 4.69) is 21.8 Å². The Balaban J connectivity index is 1.37. The lowest BCUT2D eigenvalue weighted by atomic mass is 9.85. The van der Waals surface area contributed by atoms with Gasteiger partial charge < -0.3 is 20.5 Å². The molecule has 0 radical (unpaired) electrons. The van der Waals surface area contributed by atoms with Gasteiger partial charge in [0, 0.05) is 34.8 Å². The van der Waals surface area contributed by atoms with Gasteiger partial charge in [0.05, 0.1) is 41.6 Å². The van der Waals surface area contributed by atoms with Gasteiger partial charge in [-0.25, -0.2) is 0 Å². The van der Waals surface area contributed by atoms with Crippen molar-refractivity contribution in [1.82, 2.24) is 9.78 Å². The van der Waals surface area contributed by atoms with Crippen LogP contribution in [0, 0.1) is 23.2 Å². The standard InChI is InChI=1S/C32H35N5O5/c1-19-28(30(41)36-25-14-20(16-33)8-9-21(25)6-5-7-27(38)39)32(19)12-13-42-26-11-10-22(15-24(26)32)29(40)35-23-17-34-37(18-23)31(2,3)4/h8-11,14-15,17-19,28H,5-7,12-13H2,1-4H3,(H,35,40)(H,36,41)(H,38,39)/t19?,28?,32-/m0/s1. The summed E-state index contributed by atoms with van der Waals surface area (Å²) < 4.78 is 7.73. The Labute approximate surface area is 244 Å². The Morgan fingerprint density at radius 2 is 1.98 bits per heavy atom. The summed E-state index contributed by atoms with van der Waals surface area (Å²) in [5, 5.41) is 28.7. The van der Waals surface area contributed by atoms with Crippen molar-refractivity contribution >= 4 is 29.2 Å². The molecule has 0 bridgehead atoms. The number of fused-ring (bicyclic) bond motifs is 2. The average Bonchev–Trinajstić information content (AvgIpc) is 3.25. The number of ether oxygens (including phenoxy) is 1. The molecule has 218 valence electrons. The van der Waals surface area contributed by atoms with E-state index in [9.17, 15) is 19.6 Å². The van der Waals surface area contributed by atoms with Gasteiger partial charge in [0.25, 0.3) is 5.91 Å². The molecule has 10 heteroatoms. The molecule has 3 aromatic rings. The van der Waals surface area contributed by atoms with E-state index in [0.29, 0.717) is 54.1 Å². The molecule has 1 aromatic heterocycles. The molecule has 2 aliphatic rings. The van der Waals surface area contributed by atoms with Gasteiger partial charge in [-0.2, -0.15) is 10.4 Å². The van der Waals surface area contributed by atoms with Gasteiger partial charge in [-0.1, -0.05) is 13.0 Å². The van der Waals surface area contributed by atoms with Crippen molar-refractivity contribution in [2.24, 2.45) is 11.8 Å². The zero-order chi connectivity index (χ0) is 30.2. The van der Waals surface area contributed by atoms with Crippen LogP contribution < -0.4 is 15.4 Å². The number of hydrogen-bond acceptors (Lipinski definition) is 6. The summed E-state index contributed by atoms with van der Waals surface area (Å²) in [6, 6.07) is 12.5. The Hall–Kier alpha value is -4.65. The van der Waals surface area contributed by atoms with Gasteiger partial charge in [0.2, 0.25) is 5.91 Å². The number of carbonyl (C=O) groups is 3. The SMILES string of the molecule is CC1C(C(=O)Nc2cc(C#N)ccc2CCCC(=O)O)[C@@]12CCOc1ccc(C(=O)Nc3cnn(C(C)(C)C)c3)cc12. The summed E-state index contributed by atoms with van der Waals surface area (Å²) >= 11 is 0. The molecule has 2 amide bonds. The molecule has 2 unspecified atom stereocenters. The predicted molar refractivity (Wildman–Crippen MR) is 156 cm³/mol. The lowest BCUT2D eigenvalue weighted by Crippen LogP contribution is -2.27. The van der Waals surface area contributed by atoms with E-state index in [0.717, 1.165) is 11.1 Å². The van der Waals surface area contributed by atoms with E-state index in [1.165, 1.54) is 0 Å². The number of aliphatic carboxylic acids is 1. The molecule has 1 saturated carbocycles. The van der Waals surface area contributed by atoms with Gasteiger partial charge in [-0.05, 0) is 81.8 Å². The first-order valence-corrected chi connectivity index (χ1v) is 14.1. The molecule has 3 atom stereocenters. The maximum atomic E-state index is 13.7.